The zero-order chi connectivity index (χ0) is 34.1. The quantitative estimate of drug-likeness (QED) is 0.124. The molecule has 8 aromatic rings. The number of hydrogen-bond donors (Lipinski definition) is 0. The van der Waals surface area contributed by atoms with E-state index in [-0.39, 0.29) is 20.1 Å². The van der Waals surface area contributed by atoms with Crippen LogP contribution in [0.4, 0.5) is 0 Å². The maximum Gasteiger partial charge on any atom is 0.0798 e. The predicted molar refractivity (Wildman–Crippen MR) is 207 cm³/mol. The van der Waals surface area contributed by atoms with Gasteiger partial charge in [-0.15, -0.1) is 35.9 Å². The van der Waals surface area contributed by atoms with Gasteiger partial charge in [0.2, 0.25) is 0 Å². The summed E-state index contributed by atoms with van der Waals surface area (Å²) in [6.07, 6.45) is 6.36. The summed E-state index contributed by atoms with van der Waals surface area (Å²) in [7, 11) is -1.34. The van der Waals surface area contributed by atoms with Crippen LogP contribution in [0.3, 0.4) is 0 Å². The van der Waals surface area contributed by atoms with E-state index in [0.717, 1.165) is 56.8 Å². The van der Waals surface area contributed by atoms with Crippen LogP contribution in [0.2, 0.25) is 19.6 Å². The molecule has 5 aromatic carbocycles. The number of aromatic nitrogens is 3. The van der Waals surface area contributed by atoms with Gasteiger partial charge >= 0.3 is 0 Å². The molecule has 0 atom stereocenters. The van der Waals surface area contributed by atoms with Gasteiger partial charge in [0.05, 0.1) is 24.9 Å². The SMILES string of the molecule is CC(C)Cc1cc(-c2[c-]cccc2)ncc1[Si](C)(C)C.Cc1ccc2o[c-]c(-c3nc4ccccc4n3-c3cccc4ccccc34)c2c1.[Ir]. The van der Waals surface area contributed by atoms with Gasteiger partial charge in [0.25, 0.3) is 0 Å². The van der Waals surface area contributed by atoms with Crippen LogP contribution < -0.4 is 5.19 Å². The van der Waals surface area contributed by atoms with E-state index in [4.69, 9.17) is 9.40 Å². The second-order valence-electron chi connectivity index (χ2n) is 14.2. The molecule has 0 saturated heterocycles. The fourth-order valence-electron chi connectivity index (χ4n) is 6.58. The van der Waals surface area contributed by atoms with Crippen LogP contribution in [-0.2, 0) is 26.5 Å². The summed E-state index contributed by atoms with van der Waals surface area (Å²) in [5.41, 5.74) is 9.60. The van der Waals surface area contributed by atoms with Gasteiger partial charge in [-0.25, -0.2) is 0 Å². The number of furan rings is 1. The van der Waals surface area contributed by atoms with E-state index in [9.17, 15) is 0 Å². The van der Waals surface area contributed by atoms with Gasteiger partial charge < -0.3 is 14.0 Å². The molecule has 6 heteroatoms. The molecule has 0 aliphatic heterocycles. The number of rotatable bonds is 6. The Kier molecular flexibility index (Phi) is 10.4. The van der Waals surface area contributed by atoms with Crippen LogP contribution >= 0.6 is 0 Å². The van der Waals surface area contributed by atoms with Crippen molar-refractivity contribution in [1.29, 1.82) is 0 Å². The van der Waals surface area contributed by atoms with Crippen molar-refractivity contribution in [2.75, 3.05) is 0 Å². The van der Waals surface area contributed by atoms with Crippen molar-refractivity contribution >= 4 is 46.0 Å². The molecule has 0 amide bonds. The molecule has 253 valence electrons. The van der Waals surface area contributed by atoms with Crippen LogP contribution in [0.15, 0.2) is 126 Å². The fourth-order valence-corrected chi connectivity index (χ4v) is 8.17. The van der Waals surface area contributed by atoms with Crippen molar-refractivity contribution in [3.8, 4) is 28.3 Å². The average molecular weight is 848 g/mol. The van der Waals surface area contributed by atoms with E-state index >= 15 is 0 Å². The Balaban J connectivity index is 0.000000182. The third-order valence-corrected chi connectivity index (χ3v) is 10.9. The topological polar surface area (TPSA) is 43.9 Å². The summed E-state index contributed by atoms with van der Waals surface area (Å²) in [6, 6.07) is 42.9. The molecular formula is C44H41IrN3OSi-2. The normalized spacial score (nSPS) is 11.5. The zero-order valence-electron chi connectivity index (χ0n) is 29.4. The first-order chi connectivity index (χ1) is 23.7. The summed E-state index contributed by atoms with van der Waals surface area (Å²) < 4.78 is 7.98. The molecule has 0 spiro atoms. The minimum atomic E-state index is -1.34. The third kappa shape index (κ3) is 7.15. The summed E-state index contributed by atoms with van der Waals surface area (Å²) in [4.78, 5) is 9.68. The molecule has 0 fully saturated rings. The summed E-state index contributed by atoms with van der Waals surface area (Å²) in [5, 5.41) is 4.90. The molecule has 0 bridgehead atoms. The van der Waals surface area contributed by atoms with E-state index in [0.29, 0.717) is 5.92 Å². The van der Waals surface area contributed by atoms with E-state index in [2.05, 4.69) is 147 Å². The molecule has 0 saturated carbocycles. The second-order valence-corrected chi connectivity index (χ2v) is 19.2. The van der Waals surface area contributed by atoms with Crippen molar-refractivity contribution in [3.05, 3.63) is 145 Å². The van der Waals surface area contributed by atoms with Gasteiger partial charge in [0, 0.05) is 49.2 Å². The number of aryl methyl sites for hydroxylation is 1. The Labute approximate surface area is 309 Å². The van der Waals surface area contributed by atoms with Gasteiger partial charge in [-0.05, 0) is 53.7 Å². The summed E-state index contributed by atoms with van der Waals surface area (Å²) in [6.45, 7) is 13.8. The second kappa shape index (κ2) is 14.7. The van der Waals surface area contributed by atoms with Crippen LogP contribution in [-0.4, -0.2) is 22.6 Å². The van der Waals surface area contributed by atoms with Crippen LogP contribution in [0, 0.1) is 25.2 Å². The molecule has 3 aromatic heterocycles. The standard InChI is InChI=1S/C26H17N2O.C18H24NSi.Ir/c1-17-13-14-25-20(15-17)21(16-29-25)26-27-22-10-4-5-11-24(22)28(26)23-12-6-8-18-7-2-3-9-19(18)23;1-14(2)11-16-12-17(15-9-7-6-8-10-15)19-13-18(16)20(3,4)5;/h2-15H,1H3;6-9,12-14H,11H2,1-5H3;/q2*-1;. The first-order valence-corrected chi connectivity index (χ1v) is 20.5. The van der Waals surface area contributed by atoms with Gasteiger partial charge in [0.15, 0.2) is 0 Å². The minimum absolute atomic E-state index is 0. The van der Waals surface area contributed by atoms with Gasteiger partial charge in [-0.3, -0.25) is 4.98 Å². The first kappa shape index (κ1) is 35.2. The molecule has 0 aliphatic carbocycles. The molecule has 1 radical (unpaired) electrons. The summed E-state index contributed by atoms with van der Waals surface area (Å²) >= 11 is 0. The Morgan fingerprint density at radius 2 is 1.58 bits per heavy atom. The van der Waals surface area contributed by atoms with Gasteiger partial charge in [-0.1, -0.05) is 128 Å². The third-order valence-electron chi connectivity index (χ3n) is 8.87. The van der Waals surface area contributed by atoms with Crippen LogP contribution in [0.1, 0.15) is 25.0 Å². The number of imidazole rings is 1. The smallest absolute Gasteiger partial charge is 0.0798 e. The minimum Gasteiger partial charge on any atom is -0.557 e. The van der Waals surface area contributed by atoms with Gasteiger partial charge in [-0.2, -0.15) is 0 Å². The first-order valence-electron chi connectivity index (χ1n) is 17.0. The number of fused-ring (bicyclic) bond motifs is 3. The van der Waals surface area contributed by atoms with Crippen molar-refractivity contribution in [2.24, 2.45) is 5.92 Å². The fraction of sp³-hybridized carbons (Fsp3) is 0.182. The number of hydrogen-bond acceptors (Lipinski definition) is 3. The van der Waals surface area contributed by atoms with Crippen molar-refractivity contribution in [2.45, 2.75) is 46.8 Å². The Morgan fingerprint density at radius 3 is 2.36 bits per heavy atom. The number of benzene rings is 5. The molecule has 0 N–H and O–H groups in total. The van der Waals surface area contributed by atoms with Gasteiger partial charge in [0.1, 0.15) is 0 Å². The van der Waals surface area contributed by atoms with Crippen molar-refractivity contribution in [1.82, 2.24) is 14.5 Å². The van der Waals surface area contributed by atoms with Crippen LogP contribution in [0.25, 0.3) is 61.1 Å². The maximum absolute atomic E-state index is 5.75. The molecule has 4 nitrogen and oxygen atoms in total. The van der Waals surface area contributed by atoms with E-state index < -0.39 is 8.07 Å². The Bertz CT molecular complexity index is 2400. The average Bonchev–Trinajstić information content (AvgIpc) is 3.69. The number of nitrogens with zero attached hydrogens (tertiary/aromatic N) is 3. The van der Waals surface area contributed by atoms with Crippen molar-refractivity contribution < 1.29 is 24.5 Å². The molecule has 3 heterocycles. The summed E-state index contributed by atoms with van der Waals surface area (Å²) in [5.74, 6) is 1.51. The largest absolute Gasteiger partial charge is 0.557 e. The molecule has 8 rings (SSSR count). The molecule has 0 aliphatic rings. The zero-order valence-corrected chi connectivity index (χ0v) is 32.8. The molecular weight excluding hydrogens is 807 g/mol. The maximum atomic E-state index is 5.75. The number of pyridine rings is 1. The van der Waals surface area contributed by atoms with E-state index in [1.165, 1.54) is 27.1 Å². The Hall–Kier alpha value is -4.61. The predicted octanol–water partition coefficient (Wildman–Crippen LogP) is 11.0. The monoisotopic (exact) mass is 848 g/mol. The van der Waals surface area contributed by atoms with Crippen molar-refractivity contribution in [3.63, 3.8) is 0 Å². The number of para-hydroxylation sites is 2. The van der Waals surface area contributed by atoms with E-state index in [1.807, 2.05) is 36.4 Å². The molecule has 50 heavy (non-hydrogen) atoms. The van der Waals surface area contributed by atoms with E-state index in [1.54, 1.807) is 0 Å². The van der Waals surface area contributed by atoms with Crippen LogP contribution in [0.5, 0.6) is 0 Å². The molecule has 0 unspecified atom stereocenters. The Morgan fingerprint density at radius 1 is 0.820 bits per heavy atom.